The molecule has 1 saturated heterocycles. The largest absolute Gasteiger partial charge is 0.313 e. The molecule has 0 amide bonds. The number of rotatable bonds is 5. The molecule has 2 fully saturated rings. The van der Waals surface area contributed by atoms with E-state index in [1.54, 1.807) is 4.31 Å². The Bertz CT molecular complexity index is 582. The molecule has 2 unspecified atom stereocenters. The first-order valence-electron chi connectivity index (χ1n) is 7.93. The van der Waals surface area contributed by atoms with E-state index in [1.807, 2.05) is 11.4 Å². The van der Waals surface area contributed by atoms with Crippen molar-refractivity contribution in [2.24, 2.45) is 5.92 Å². The summed E-state index contributed by atoms with van der Waals surface area (Å²) in [4.78, 5) is 0. The molecular formula is C15H24N2O2S2. The Morgan fingerprint density at radius 2 is 2.14 bits per heavy atom. The molecule has 1 saturated carbocycles. The summed E-state index contributed by atoms with van der Waals surface area (Å²) in [5.41, 5.74) is 1.07. The molecule has 2 aliphatic rings. The van der Waals surface area contributed by atoms with Gasteiger partial charge in [-0.3, -0.25) is 0 Å². The summed E-state index contributed by atoms with van der Waals surface area (Å²) in [5, 5.41) is 5.21. The summed E-state index contributed by atoms with van der Waals surface area (Å²) in [6.07, 6.45) is 5.63. The van der Waals surface area contributed by atoms with Crippen LogP contribution in [0.25, 0.3) is 0 Å². The lowest BCUT2D eigenvalue weighted by molar-refractivity contribution is 0.202. The number of fused-ring (bicyclic) bond motifs is 1. The number of sulfonamides is 1. The third-order valence-corrected chi connectivity index (χ3v) is 8.10. The van der Waals surface area contributed by atoms with Gasteiger partial charge in [-0.1, -0.05) is 13.3 Å². The van der Waals surface area contributed by atoms with E-state index < -0.39 is 10.0 Å². The van der Waals surface area contributed by atoms with Crippen molar-refractivity contribution in [1.29, 1.82) is 0 Å². The lowest BCUT2D eigenvalue weighted by Gasteiger charge is -2.36. The first kappa shape index (κ1) is 15.5. The molecule has 0 spiro atoms. The van der Waals surface area contributed by atoms with E-state index in [9.17, 15) is 8.42 Å². The number of piperidine rings is 1. The zero-order chi connectivity index (χ0) is 14.9. The first-order chi connectivity index (χ1) is 10.1. The summed E-state index contributed by atoms with van der Waals surface area (Å²) >= 11 is 1.37. The molecule has 1 aliphatic carbocycles. The molecular weight excluding hydrogens is 304 g/mol. The van der Waals surface area contributed by atoms with Crippen LogP contribution < -0.4 is 5.32 Å². The molecule has 1 N–H and O–H groups in total. The van der Waals surface area contributed by atoms with E-state index in [4.69, 9.17) is 0 Å². The molecule has 21 heavy (non-hydrogen) atoms. The Balaban J connectivity index is 1.80. The Labute approximate surface area is 131 Å². The third-order valence-electron chi connectivity index (χ3n) is 4.71. The molecule has 0 radical (unpaired) electrons. The molecule has 118 valence electrons. The highest BCUT2D eigenvalue weighted by molar-refractivity contribution is 7.91. The van der Waals surface area contributed by atoms with Gasteiger partial charge in [-0.2, -0.15) is 4.31 Å². The van der Waals surface area contributed by atoms with E-state index in [0.29, 0.717) is 16.7 Å². The average Bonchev–Trinajstić information content (AvgIpc) is 3.13. The lowest BCUT2D eigenvalue weighted by atomic mass is 9.94. The minimum atomic E-state index is -3.30. The quantitative estimate of drug-likeness (QED) is 0.904. The van der Waals surface area contributed by atoms with Crippen molar-refractivity contribution in [2.45, 2.75) is 55.8 Å². The highest BCUT2D eigenvalue weighted by atomic mass is 32.2. The Morgan fingerprint density at radius 3 is 2.95 bits per heavy atom. The summed E-state index contributed by atoms with van der Waals surface area (Å²) in [6, 6.07) is 2.10. The topological polar surface area (TPSA) is 49.4 Å². The summed E-state index contributed by atoms with van der Waals surface area (Å²) in [5.74, 6) is 0.592. The minimum Gasteiger partial charge on any atom is -0.313 e. The maximum Gasteiger partial charge on any atom is 0.252 e. The predicted octanol–water partition coefficient (Wildman–Crippen LogP) is 2.81. The van der Waals surface area contributed by atoms with Crippen molar-refractivity contribution in [2.75, 3.05) is 13.1 Å². The van der Waals surface area contributed by atoms with Gasteiger partial charge in [0.05, 0.1) is 0 Å². The fourth-order valence-corrected chi connectivity index (χ4v) is 6.76. The summed E-state index contributed by atoms with van der Waals surface area (Å²) < 4.78 is 28.2. The second-order valence-electron chi connectivity index (χ2n) is 6.07. The second kappa shape index (κ2) is 6.36. The highest BCUT2D eigenvalue weighted by Gasteiger charge is 2.41. The molecule has 1 aromatic heterocycles. The molecule has 1 aromatic rings. The van der Waals surface area contributed by atoms with Crippen LogP contribution in [0.1, 0.15) is 44.6 Å². The van der Waals surface area contributed by atoms with Gasteiger partial charge in [0.15, 0.2) is 0 Å². The zero-order valence-electron chi connectivity index (χ0n) is 12.5. The van der Waals surface area contributed by atoms with Gasteiger partial charge in [0, 0.05) is 19.1 Å². The Hall–Kier alpha value is -0.430. The summed E-state index contributed by atoms with van der Waals surface area (Å²) in [6.45, 7) is 4.39. The molecule has 3 rings (SSSR count). The molecule has 6 heteroatoms. The normalized spacial score (nSPS) is 26.9. The van der Waals surface area contributed by atoms with Crippen molar-refractivity contribution in [1.82, 2.24) is 9.62 Å². The van der Waals surface area contributed by atoms with Crippen LogP contribution in [-0.4, -0.2) is 31.9 Å². The van der Waals surface area contributed by atoms with E-state index >= 15 is 0 Å². The van der Waals surface area contributed by atoms with Crippen molar-refractivity contribution in [3.63, 3.8) is 0 Å². The lowest BCUT2D eigenvalue weighted by Crippen LogP contribution is -2.45. The number of thiophene rings is 1. The molecule has 4 nitrogen and oxygen atoms in total. The van der Waals surface area contributed by atoms with Crippen LogP contribution in [0.3, 0.4) is 0 Å². The maximum absolute atomic E-state index is 12.9. The van der Waals surface area contributed by atoms with Gasteiger partial charge >= 0.3 is 0 Å². The standard InChI is InChI=1S/C15H24N2O2S2/c1-2-16-10-12-9-15(20-11-12)21(18,19)17-8-4-6-13-5-3-7-14(13)17/h9,11,13-14,16H,2-8,10H2,1H3. The van der Waals surface area contributed by atoms with E-state index in [1.165, 1.54) is 30.6 Å². The van der Waals surface area contributed by atoms with Crippen LogP contribution in [0.2, 0.25) is 0 Å². The maximum atomic E-state index is 12.9. The first-order valence-corrected chi connectivity index (χ1v) is 10.2. The van der Waals surface area contributed by atoms with Crippen molar-refractivity contribution < 1.29 is 8.42 Å². The van der Waals surface area contributed by atoms with Crippen LogP contribution in [0, 0.1) is 5.92 Å². The smallest absolute Gasteiger partial charge is 0.252 e. The van der Waals surface area contributed by atoms with Crippen LogP contribution in [0.15, 0.2) is 15.7 Å². The fraction of sp³-hybridized carbons (Fsp3) is 0.733. The third kappa shape index (κ3) is 3.04. The van der Waals surface area contributed by atoms with Gasteiger partial charge in [-0.25, -0.2) is 8.42 Å². The zero-order valence-corrected chi connectivity index (χ0v) is 14.2. The Kier molecular flexibility index (Phi) is 4.69. The van der Waals surface area contributed by atoms with Crippen LogP contribution >= 0.6 is 11.3 Å². The molecule has 2 heterocycles. The van der Waals surface area contributed by atoms with Crippen molar-refractivity contribution in [3.8, 4) is 0 Å². The molecule has 1 aliphatic heterocycles. The fourth-order valence-electron chi connectivity index (χ4n) is 3.67. The molecule has 0 aromatic carbocycles. The van der Waals surface area contributed by atoms with Crippen LogP contribution in [0.5, 0.6) is 0 Å². The monoisotopic (exact) mass is 328 g/mol. The predicted molar refractivity (Wildman–Crippen MR) is 86.0 cm³/mol. The van der Waals surface area contributed by atoms with Gasteiger partial charge in [0.25, 0.3) is 10.0 Å². The number of nitrogens with one attached hydrogen (secondary N) is 1. The van der Waals surface area contributed by atoms with Gasteiger partial charge < -0.3 is 5.32 Å². The average molecular weight is 329 g/mol. The molecule has 0 bridgehead atoms. The van der Waals surface area contributed by atoms with Gasteiger partial charge in [0.2, 0.25) is 0 Å². The molecule has 2 atom stereocenters. The van der Waals surface area contributed by atoms with E-state index in [2.05, 4.69) is 12.2 Å². The van der Waals surface area contributed by atoms with E-state index in [-0.39, 0.29) is 6.04 Å². The number of nitrogens with zero attached hydrogens (tertiary/aromatic N) is 1. The SMILES string of the molecule is CCNCc1csc(S(=O)(=O)N2CCCC3CCCC32)c1. The van der Waals surface area contributed by atoms with Gasteiger partial charge in [-0.15, -0.1) is 11.3 Å². The summed E-state index contributed by atoms with van der Waals surface area (Å²) in [7, 11) is -3.30. The van der Waals surface area contributed by atoms with Gasteiger partial charge in [0.1, 0.15) is 4.21 Å². The number of hydrogen-bond acceptors (Lipinski definition) is 4. The van der Waals surface area contributed by atoms with Crippen LogP contribution in [-0.2, 0) is 16.6 Å². The second-order valence-corrected chi connectivity index (χ2v) is 9.10. The van der Waals surface area contributed by atoms with Gasteiger partial charge in [-0.05, 0) is 55.2 Å². The van der Waals surface area contributed by atoms with Crippen LogP contribution in [0.4, 0.5) is 0 Å². The van der Waals surface area contributed by atoms with Crippen molar-refractivity contribution in [3.05, 3.63) is 17.0 Å². The van der Waals surface area contributed by atoms with E-state index in [0.717, 1.165) is 31.5 Å². The van der Waals surface area contributed by atoms with Crippen molar-refractivity contribution >= 4 is 21.4 Å². The Morgan fingerprint density at radius 1 is 1.33 bits per heavy atom. The highest BCUT2D eigenvalue weighted by Crippen LogP contribution is 2.40. The minimum absolute atomic E-state index is 0.253. The number of hydrogen-bond donors (Lipinski definition) is 1.